The maximum Gasteiger partial charge on any atom is 0.123 e. The molecule has 13 heavy (non-hydrogen) atoms. The van der Waals surface area contributed by atoms with Crippen LogP contribution >= 0.6 is 0 Å². The molecule has 1 aromatic carbocycles. The molecule has 0 aliphatic rings. The molecule has 0 spiro atoms. The molecular weight excluding hydrogens is 165 g/mol. The third-order valence-corrected chi connectivity index (χ3v) is 2.31. The Morgan fingerprint density at radius 2 is 1.92 bits per heavy atom. The number of hydrogen-bond donors (Lipinski definition) is 1. The fourth-order valence-electron chi connectivity index (χ4n) is 1.12. The van der Waals surface area contributed by atoms with Crippen molar-refractivity contribution in [1.29, 1.82) is 0 Å². The molecule has 72 valence electrons. The molecule has 0 amide bonds. The zero-order valence-electron chi connectivity index (χ0n) is 8.26. The lowest BCUT2D eigenvalue weighted by molar-refractivity contribution is -0.701. The Morgan fingerprint density at radius 1 is 1.31 bits per heavy atom. The maximum absolute atomic E-state index is 12.5. The summed E-state index contributed by atoms with van der Waals surface area (Å²) in [6.45, 7) is 5.31. The highest BCUT2D eigenvalue weighted by Crippen LogP contribution is 2.00. The van der Waals surface area contributed by atoms with E-state index < -0.39 is 0 Å². The molecule has 2 heteroatoms. The maximum atomic E-state index is 12.5. The van der Waals surface area contributed by atoms with E-state index >= 15 is 0 Å². The predicted molar refractivity (Wildman–Crippen MR) is 51.8 cm³/mol. The number of quaternary nitrogens is 1. The molecule has 1 atom stereocenters. The van der Waals surface area contributed by atoms with Gasteiger partial charge in [-0.2, -0.15) is 0 Å². The SMILES string of the molecule is CC[C@H](C)[NH2+]Cc1ccc(F)cc1. The van der Waals surface area contributed by atoms with Crippen LogP contribution < -0.4 is 5.32 Å². The van der Waals surface area contributed by atoms with E-state index in [1.165, 1.54) is 24.1 Å². The number of hydrogen-bond acceptors (Lipinski definition) is 0. The van der Waals surface area contributed by atoms with Gasteiger partial charge in [-0.15, -0.1) is 0 Å². The largest absolute Gasteiger partial charge is 0.340 e. The molecule has 0 saturated heterocycles. The highest BCUT2D eigenvalue weighted by molar-refractivity contribution is 5.14. The van der Waals surface area contributed by atoms with E-state index in [0.29, 0.717) is 6.04 Å². The Bertz CT molecular complexity index is 243. The molecule has 1 aromatic rings. The molecule has 1 nitrogen and oxygen atoms in total. The summed E-state index contributed by atoms with van der Waals surface area (Å²) in [5, 5.41) is 2.27. The van der Waals surface area contributed by atoms with Gasteiger partial charge in [0.1, 0.15) is 12.4 Å². The van der Waals surface area contributed by atoms with Crippen LogP contribution in [-0.2, 0) is 6.54 Å². The summed E-state index contributed by atoms with van der Waals surface area (Å²) in [6.07, 6.45) is 1.17. The van der Waals surface area contributed by atoms with Gasteiger partial charge in [0, 0.05) is 5.56 Å². The Morgan fingerprint density at radius 3 is 2.46 bits per heavy atom. The van der Waals surface area contributed by atoms with Crippen LogP contribution in [0.5, 0.6) is 0 Å². The average molecular weight is 182 g/mol. The Hall–Kier alpha value is -0.890. The topological polar surface area (TPSA) is 16.6 Å². The average Bonchev–Trinajstić information content (AvgIpc) is 2.16. The van der Waals surface area contributed by atoms with Gasteiger partial charge in [0.25, 0.3) is 0 Å². The van der Waals surface area contributed by atoms with E-state index in [9.17, 15) is 4.39 Å². The fraction of sp³-hybridized carbons (Fsp3) is 0.455. The third kappa shape index (κ3) is 3.55. The first-order chi connectivity index (χ1) is 6.22. The van der Waals surface area contributed by atoms with Crippen LogP contribution in [0, 0.1) is 5.82 Å². The van der Waals surface area contributed by atoms with Crippen molar-refractivity contribution in [3.63, 3.8) is 0 Å². The second-order valence-corrected chi connectivity index (χ2v) is 3.45. The van der Waals surface area contributed by atoms with E-state index in [-0.39, 0.29) is 5.82 Å². The summed E-state index contributed by atoms with van der Waals surface area (Å²) in [5.74, 6) is -0.160. The highest BCUT2D eigenvalue weighted by Gasteiger charge is 2.01. The van der Waals surface area contributed by atoms with Crippen LogP contribution in [0.15, 0.2) is 24.3 Å². The minimum absolute atomic E-state index is 0.160. The van der Waals surface area contributed by atoms with Crippen molar-refractivity contribution in [2.75, 3.05) is 0 Å². The molecule has 1 rings (SSSR count). The van der Waals surface area contributed by atoms with Crippen molar-refractivity contribution in [3.05, 3.63) is 35.6 Å². The molecule has 0 saturated carbocycles. The molecule has 0 aromatic heterocycles. The first-order valence-corrected chi connectivity index (χ1v) is 4.80. The molecule has 0 bridgehead atoms. The second kappa shape index (κ2) is 4.97. The summed E-state index contributed by atoms with van der Waals surface area (Å²) in [5.41, 5.74) is 1.18. The van der Waals surface area contributed by atoms with Crippen molar-refractivity contribution in [2.45, 2.75) is 32.9 Å². The quantitative estimate of drug-likeness (QED) is 0.729. The highest BCUT2D eigenvalue weighted by atomic mass is 19.1. The molecule has 0 fully saturated rings. The van der Waals surface area contributed by atoms with Crippen molar-refractivity contribution in [1.82, 2.24) is 0 Å². The zero-order chi connectivity index (χ0) is 9.68. The van der Waals surface area contributed by atoms with Gasteiger partial charge in [-0.1, -0.05) is 19.1 Å². The van der Waals surface area contributed by atoms with Crippen molar-refractivity contribution >= 4 is 0 Å². The van der Waals surface area contributed by atoms with E-state index in [2.05, 4.69) is 19.2 Å². The lowest BCUT2D eigenvalue weighted by Gasteiger charge is -2.07. The van der Waals surface area contributed by atoms with Crippen LogP contribution in [0.25, 0.3) is 0 Å². The number of nitrogens with two attached hydrogens (primary N) is 1. The van der Waals surface area contributed by atoms with Crippen LogP contribution in [0.3, 0.4) is 0 Å². The van der Waals surface area contributed by atoms with Crippen molar-refractivity contribution in [3.8, 4) is 0 Å². The van der Waals surface area contributed by atoms with Gasteiger partial charge in [-0.05, 0) is 25.5 Å². The zero-order valence-corrected chi connectivity index (χ0v) is 8.26. The first kappa shape index (κ1) is 10.2. The predicted octanol–water partition coefficient (Wildman–Crippen LogP) is 1.69. The summed E-state index contributed by atoms with van der Waals surface area (Å²) >= 11 is 0. The molecule has 0 heterocycles. The monoisotopic (exact) mass is 182 g/mol. The van der Waals surface area contributed by atoms with Gasteiger partial charge in [-0.25, -0.2) is 4.39 Å². The summed E-state index contributed by atoms with van der Waals surface area (Å²) in [7, 11) is 0. The van der Waals surface area contributed by atoms with Crippen LogP contribution in [0.2, 0.25) is 0 Å². The van der Waals surface area contributed by atoms with Gasteiger partial charge in [-0.3, -0.25) is 0 Å². The first-order valence-electron chi connectivity index (χ1n) is 4.80. The van der Waals surface area contributed by atoms with Gasteiger partial charge < -0.3 is 5.32 Å². The molecule has 0 unspecified atom stereocenters. The van der Waals surface area contributed by atoms with Gasteiger partial charge in [0.05, 0.1) is 6.04 Å². The molecule has 0 aliphatic heterocycles. The second-order valence-electron chi connectivity index (χ2n) is 3.45. The van der Waals surface area contributed by atoms with E-state index in [1.54, 1.807) is 0 Å². The van der Waals surface area contributed by atoms with Crippen LogP contribution in [0.4, 0.5) is 4.39 Å². The third-order valence-electron chi connectivity index (χ3n) is 2.31. The Balaban J connectivity index is 2.41. The Kier molecular flexibility index (Phi) is 3.90. The van der Waals surface area contributed by atoms with E-state index in [0.717, 1.165) is 6.54 Å². The number of halogens is 1. The smallest absolute Gasteiger partial charge is 0.123 e. The van der Waals surface area contributed by atoms with Crippen molar-refractivity contribution in [2.24, 2.45) is 0 Å². The van der Waals surface area contributed by atoms with Gasteiger partial charge >= 0.3 is 0 Å². The fourth-order valence-corrected chi connectivity index (χ4v) is 1.12. The number of benzene rings is 1. The van der Waals surface area contributed by atoms with Gasteiger partial charge in [0.15, 0.2) is 0 Å². The minimum Gasteiger partial charge on any atom is -0.340 e. The lowest BCUT2D eigenvalue weighted by atomic mass is 10.2. The molecular formula is C11H17FN+. The number of rotatable bonds is 4. The van der Waals surface area contributed by atoms with Crippen LogP contribution in [0.1, 0.15) is 25.8 Å². The summed E-state index contributed by atoms with van der Waals surface area (Å²) in [6, 6.07) is 7.35. The van der Waals surface area contributed by atoms with Crippen LogP contribution in [-0.4, -0.2) is 6.04 Å². The summed E-state index contributed by atoms with van der Waals surface area (Å²) in [4.78, 5) is 0. The van der Waals surface area contributed by atoms with E-state index in [4.69, 9.17) is 0 Å². The lowest BCUT2D eigenvalue weighted by Crippen LogP contribution is -2.87. The normalized spacial score (nSPS) is 12.8. The molecule has 0 radical (unpaired) electrons. The molecule has 2 N–H and O–H groups in total. The Labute approximate surface area is 79.0 Å². The summed E-state index contributed by atoms with van der Waals surface area (Å²) < 4.78 is 12.5. The standard InChI is InChI=1S/C11H16FN/c1-3-9(2)13-8-10-4-6-11(12)7-5-10/h4-7,9,13H,3,8H2,1-2H3/p+1/t9-/m0/s1. The molecule has 0 aliphatic carbocycles. The minimum atomic E-state index is -0.160. The van der Waals surface area contributed by atoms with Gasteiger partial charge in [0.2, 0.25) is 0 Å². The van der Waals surface area contributed by atoms with Crippen molar-refractivity contribution < 1.29 is 9.71 Å². The van der Waals surface area contributed by atoms with E-state index in [1.807, 2.05) is 12.1 Å².